The number of rotatable bonds is 6. The second-order valence-electron chi connectivity index (χ2n) is 6.52. The molecular weight excluding hydrogens is 356 g/mol. The van der Waals surface area contributed by atoms with Crippen molar-refractivity contribution in [3.05, 3.63) is 63.6 Å². The highest BCUT2D eigenvalue weighted by Gasteiger charge is 2.19. The fourth-order valence-corrected chi connectivity index (χ4v) is 3.22. The van der Waals surface area contributed by atoms with Gasteiger partial charge in [-0.25, -0.2) is 4.68 Å². The molecule has 0 spiro atoms. The zero-order chi connectivity index (χ0) is 18.4. The summed E-state index contributed by atoms with van der Waals surface area (Å²) < 4.78 is 6.99. The van der Waals surface area contributed by atoms with Gasteiger partial charge in [0.25, 0.3) is 5.56 Å². The Balaban J connectivity index is 2.04. The fourth-order valence-electron chi connectivity index (χ4n) is 2.08. The summed E-state index contributed by atoms with van der Waals surface area (Å²) in [6.07, 6.45) is 5.57. The van der Waals surface area contributed by atoms with E-state index >= 15 is 0 Å². The number of hydrogen-bond acceptors (Lipinski definition) is 4. The third-order valence-corrected chi connectivity index (χ3v) is 5.00. The van der Waals surface area contributed by atoms with Crippen LogP contribution < -0.4 is 10.3 Å². The summed E-state index contributed by atoms with van der Waals surface area (Å²) in [5.74, 6) is 1.54. The molecule has 25 heavy (non-hydrogen) atoms. The molecule has 0 atom stereocenters. The number of nitrogens with zero attached hydrogens (tertiary/aromatic N) is 2. The molecule has 6 heteroatoms. The molecule has 0 unspecified atom stereocenters. The number of thioether (sulfide) groups is 1. The quantitative estimate of drug-likeness (QED) is 0.529. The van der Waals surface area contributed by atoms with Gasteiger partial charge in [0.2, 0.25) is 0 Å². The Bertz CT molecular complexity index is 793. The maximum atomic E-state index is 12.4. The van der Waals surface area contributed by atoms with Gasteiger partial charge in [0.1, 0.15) is 17.4 Å². The van der Waals surface area contributed by atoms with Crippen molar-refractivity contribution < 1.29 is 4.74 Å². The van der Waals surface area contributed by atoms with Gasteiger partial charge in [-0.2, -0.15) is 5.10 Å². The number of ether oxygens (including phenoxy) is 1. The highest BCUT2D eigenvalue weighted by molar-refractivity contribution is 7.98. The van der Waals surface area contributed by atoms with E-state index in [0.717, 1.165) is 11.3 Å². The minimum Gasteiger partial charge on any atom is -0.490 e. The van der Waals surface area contributed by atoms with Crippen molar-refractivity contribution in [2.24, 2.45) is 0 Å². The van der Waals surface area contributed by atoms with E-state index in [9.17, 15) is 4.79 Å². The van der Waals surface area contributed by atoms with Crippen LogP contribution in [0.15, 0.2) is 52.3 Å². The predicted octanol–water partition coefficient (Wildman–Crippen LogP) is 4.90. The Morgan fingerprint density at radius 2 is 1.96 bits per heavy atom. The van der Waals surface area contributed by atoms with Crippen LogP contribution in [0.25, 0.3) is 0 Å². The SMILES string of the molecule is CC=CCOc1ccc(CSc2cnn(C(C)(C)C)c(=O)c2Cl)cc1. The van der Waals surface area contributed by atoms with E-state index in [1.807, 2.05) is 64.1 Å². The van der Waals surface area contributed by atoms with Crippen LogP contribution in [-0.4, -0.2) is 16.4 Å². The van der Waals surface area contributed by atoms with Gasteiger partial charge in [-0.05, 0) is 45.4 Å². The molecule has 0 aliphatic carbocycles. The van der Waals surface area contributed by atoms with Crippen LogP contribution in [0.4, 0.5) is 0 Å². The fraction of sp³-hybridized carbons (Fsp3) is 0.368. The monoisotopic (exact) mass is 378 g/mol. The van der Waals surface area contributed by atoms with Crippen LogP contribution in [-0.2, 0) is 11.3 Å². The predicted molar refractivity (Wildman–Crippen MR) is 105 cm³/mol. The van der Waals surface area contributed by atoms with E-state index in [-0.39, 0.29) is 10.6 Å². The Hall–Kier alpha value is -1.72. The smallest absolute Gasteiger partial charge is 0.287 e. The highest BCUT2D eigenvalue weighted by atomic mass is 35.5. The lowest BCUT2D eigenvalue weighted by Gasteiger charge is -2.21. The maximum absolute atomic E-state index is 12.4. The molecule has 134 valence electrons. The van der Waals surface area contributed by atoms with Gasteiger partial charge in [-0.1, -0.05) is 35.9 Å². The van der Waals surface area contributed by atoms with Crippen molar-refractivity contribution in [2.45, 2.75) is 43.9 Å². The molecule has 0 N–H and O–H groups in total. The first-order valence-corrected chi connectivity index (χ1v) is 9.43. The van der Waals surface area contributed by atoms with Crippen molar-refractivity contribution in [3.8, 4) is 5.75 Å². The minimum absolute atomic E-state index is 0.223. The number of hydrogen-bond donors (Lipinski definition) is 0. The first-order valence-electron chi connectivity index (χ1n) is 8.07. The van der Waals surface area contributed by atoms with Crippen LogP contribution in [0.5, 0.6) is 5.75 Å². The van der Waals surface area contributed by atoms with Gasteiger partial charge < -0.3 is 4.74 Å². The molecule has 0 aliphatic rings. The molecule has 0 saturated carbocycles. The van der Waals surface area contributed by atoms with E-state index in [4.69, 9.17) is 16.3 Å². The second kappa shape index (κ2) is 8.59. The first-order chi connectivity index (χ1) is 11.8. The molecule has 0 amide bonds. The topological polar surface area (TPSA) is 44.1 Å². The highest BCUT2D eigenvalue weighted by Crippen LogP contribution is 2.28. The zero-order valence-electron chi connectivity index (χ0n) is 15.0. The molecule has 1 aromatic heterocycles. The van der Waals surface area contributed by atoms with E-state index in [1.165, 1.54) is 16.4 Å². The van der Waals surface area contributed by atoms with Crippen LogP contribution in [0.3, 0.4) is 0 Å². The summed E-state index contributed by atoms with van der Waals surface area (Å²) in [6, 6.07) is 7.90. The van der Waals surface area contributed by atoms with Gasteiger partial charge in [0.05, 0.1) is 16.6 Å². The molecule has 0 aliphatic heterocycles. The summed E-state index contributed by atoms with van der Waals surface area (Å²) in [5.41, 5.74) is 0.471. The summed E-state index contributed by atoms with van der Waals surface area (Å²) in [6.45, 7) is 8.29. The summed E-state index contributed by atoms with van der Waals surface area (Å²) in [5, 5.41) is 4.47. The van der Waals surface area contributed by atoms with Crippen molar-refractivity contribution in [2.75, 3.05) is 6.61 Å². The number of allylic oxidation sites excluding steroid dienone is 1. The van der Waals surface area contributed by atoms with Crippen LogP contribution >= 0.6 is 23.4 Å². The molecule has 4 nitrogen and oxygen atoms in total. The van der Waals surface area contributed by atoms with E-state index < -0.39 is 5.54 Å². The van der Waals surface area contributed by atoms with Crippen LogP contribution in [0, 0.1) is 0 Å². The third-order valence-electron chi connectivity index (χ3n) is 3.42. The van der Waals surface area contributed by atoms with Gasteiger partial charge in [-0.3, -0.25) is 4.79 Å². The van der Waals surface area contributed by atoms with Crippen LogP contribution in [0.2, 0.25) is 5.02 Å². The molecule has 0 bridgehead atoms. The molecule has 1 aromatic carbocycles. The molecule has 0 saturated heterocycles. The van der Waals surface area contributed by atoms with Crippen LogP contribution in [0.1, 0.15) is 33.3 Å². The van der Waals surface area contributed by atoms with E-state index in [1.54, 1.807) is 6.20 Å². The molecule has 2 aromatic rings. The van der Waals surface area contributed by atoms with Gasteiger partial charge in [0, 0.05) is 5.75 Å². The molecule has 0 fully saturated rings. The molecule has 1 heterocycles. The zero-order valence-corrected chi connectivity index (χ0v) is 16.5. The van der Waals surface area contributed by atoms with Crippen molar-refractivity contribution in [1.29, 1.82) is 0 Å². The Morgan fingerprint density at radius 1 is 1.28 bits per heavy atom. The number of aromatic nitrogens is 2. The summed E-state index contributed by atoms with van der Waals surface area (Å²) in [4.78, 5) is 13.0. The van der Waals surface area contributed by atoms with Gasteiger partial charge >= 0.3 is 0 Å². The van der Waals surface area contributed by atoms with Crippen molar-refractivity contribution in [3.63, 3.8) is 0 Å². The number of benzene rings is 1. The Labute approximate surface area is 157 Å². The first kappa shape index (κ1) is 19.6. The third kappa shape index (κ3) is 5.38. The standard InChI is InChI=1S/C19H23ClN2O2S/c1-5-6-11-24-15-9-7-14(8-10-15)13-25-16-12-21-22(19(2,3)4)18(23)17(16)20/h5-10,12H,11,13H2,1-4H3. The molecule has 2 rings (SSSR count). The van der Waals surface area contributed by atoms with E-state index in [0.29, 0.717) is 17.3 Å². The lowest BCUT2D eigenvalue weighted by molar-refractivity contribution is 0.336. The Kier molecular flexibility index (Phi) is 6.73. The lowest BCUT2D eigenvalue weighted by Crippen LogP contribution is -2.36. The average molecular weight is 379 g/mol. The second-order valence-corrected chi connectivity index (χ2v) is 7.92. The molecular formula is C19H23ClN2O2S. The molecule has 0 radical (unpaired) electrons. The van der Waals surface area contributed by atoms with Gasteiger partial charge in [-0.15, -0.1) is 11.8 Å². The van der Waals surface area contributed by atoms with E-state index in [2.05, 4.69) is 5.10 Å². The largest absolute Gasteiger partial charge is 0.490 e. The minimum atomic E-state index is -0.396. The lowest BCUT2D eigenvalue weighted by atomic mass is 10.1. The average Bonchev–Trinajstić information content (AvgIpc) is 2.56. The maximum Gasteiger partial charge on any atom is 0.287 e. The van der Waals surface area contributed by atoms with Crippen molar-refractivity contribution in [1.82, 2.24) is 9.78 Å². The van der Waals surface area contributed by atoms with Crippen molar-refractivity contribution >= 4 is 23.4 Å². The Morgan fingerprint density at radius 3 is 2.56 bits per heavy atom. The van der Waals surface area contributed by atoms with Gasteiger partial charge in [0.15, 0.2) is 0 Å². The number of halogens is 1. The summed E-state index contributed by atoms with van der Waals surface area (Å²) >= 11 is 7.75. The normalized spacial score (nSPS) is 11.9. The summed E-state index contributed by atoms with van der Waals surface area (Å²) in [7, 11) is 0.